The van der Waals surface area contributed by atoms with Crippen molar-refractivity contribution in [1.29, 1.82) is 0 Å². The molecule has 1 aromatic carbocycles. The molecule has 2 heteroatoms. The molecule has 2 rings (SSSR count). The molecule has 92 valence electrons. The Labute approximate surface area is 104 Å². The van der Waals surface area contributed by atoms with Gasteiger partial charge in [0.2, 0.25) is 0 Å². The summed E-state index contributed by atoms with van der Waals surface area (Å²) in [6.45, 7) is 7.89. The molecule has 0 spiro atoms. The van der Waals surface area contributed by atoms with Crippen LogP contribution in [0, 0.1) is 5.41 Å². The quantitative estimate of drug-likeness (QED) is 0.779. The lowest BCUT2D eigenvalue weighted by Crippen LogP contribution is -2.46. The van der Waals surface area contributed by atoms with Crippen molar-refractivity contribution in [3.05, 3.63) is 35.9 Å². The average molecular weight is 231 g/mol. The number of carbonyl (C=O) groups excluding carboxylic acids is 1. The fourth-order valence-corrected chi connectivity index (χ4v) is 2.31. The number of benzene rings is 1. The van der Waals surface area contributed by atoms with E-state index in [9.17, 15) is 4.79 Å². The van der Waals surface area contributed by atoms with E-state index in [-0.39, 0.29) is 5.41 Å². The summed E-state index contributed by atoms with van der Waals surface area (Å²) in [5.41, 5.74) is 1.16. The molecule has 0 bridgehead atoms. The third-order valence-electron chi connectivity index (χ3n) is 3.96. The van der Waals surface area contributed by atoms with Gasteiger partial charge in [-0.1, -0.05) is 44.2 Å². The molecule has 0 aliphatic carbocycles. The Morgan fingerprint density at radius 3 is 2.47 bits per heavy atom. The van der Waals surface area contributed by atoms with Crippen molar-refractivity contribution in [2.45, 2.75) is 33.2 Å². The van der Waals surface area contributed by atoms with Crippen LogP contribution in [0.3, 0.4) is 0 Å². The first-order chi connectivity index (χ1) is 8.00. The second-order valence-corrected chi connectivity index (χ2v) is 5.61. The molecule has 1 unspecified atom stereocenters. The van der Waals surface area contributed by atoms with E-state index < -0.39 is 0 Å². The van der Waals surface area contributed by atoms with Gasteiger partial charge in [-0.05, 0) is 18.9 Å². The largest absolute Gasteiger partial charge is 0.298 e. The Morgan fingerprint density at radius 1 is 1.24 bits per heavy atom. The van der Waals surface area contributed by atoms with E-state index in [0.717, 1.165) is 13.0 Å². The van der Waals surface area contributed by atoms with Crippen LogP contribution in [0.15, 0.2) is 30.3 Å². The summed E-state index contributed by atoms with van der Waals surface area (Å²) in [6.07, 6.45) is 0.961. The molecule has 1 aromatic rings. The zero-order chi connectivity index (χ0) is 12.5. The number of hydrogen-bond acceptors (Lipinski definition) is 2. The Morgan fingerprint density at radius 2 is 1.88 bits per heavy atom. The van der Waals surface area contributed by atoms with Gasteiger partial charge in [-0.3, -0.25) is 9.69 Å². The maximum Gasteiger partial charge on any atom is 0.152 e. The first kappa shape index (κ1) is 12.3. The van der Waals surface area contributed by atoms with Crippen molar-refractivity contribution in [2.24, 2.45) is 5.41 Å². The molecule has 0 amide bonds. The number of carbonyl (C=O) groups is 1. The van der Waals surface area contributed by atoms with Crippen LogP contribution in [0.1, 0.15) is 38.8 Å². The van der Waals surface area contributed by atoms with Crippen LogP contribution < -0.4 is 0 Å². The van der Waals surface area contributed by atoms with Gasteiger partial charge in [0, 0.05) is 18.0 Å². The summed E-state index contributed by atoms with van der Waals surface area (Å²) in [7, 11) is 0. The van der Waals surface area contributed by atoms with Crippen LogP contribution >= 0.6 is 0 Å². The minimum atomic E-state index is -0.132. The highest BCUT2D eigenvalue weighted by Crippen LogP contribution is 2.31. The maximum atomic E-state index is 12.0. The van der Waals surface area contributed by atoms with Crippen LogP contribution in [-0.2, 0) is 4.79 Å². The van der Waals surface area contributed by atoms with Gasteiger partial charge in [-0.15, -0.1) is 0 Å². The predicted molar refractivity (Wildman–Crippen MR) is 69.8 cm³/mol. The van der Waals surface area contributed by atoms with Crippen LogP contribution in [0.25, 0.3) is 0 Å². The standard InChI is InChI=1S/C15H21NO/c1-12(13-7-5-4-6-8-13)16-10-9-15(2,3)14(17)11-16/h4-8,12H,9-11H2,1-3H3. The van der Waals surface area contributed by atoms with Gasteiger partial charge >= 0.3 is 0 Å². The Balaban J connectivity index is 2.08. The zero-order valence-electron chi connectivity index (χ0n) is 10.9. The van der Waals surface area contributed by atoms with Gasteiger partial charge in [0.15, 0.2) is 5.78 Å². The second kappa shape index (κ2) is 4.61. The molecule has 0 aromatic heterocycles. The number of ketones is 1. The second-order valence-electron chi connectivity index (χ2n) is 5.61. The highest BCUT2D eigenvalue weighted by atomic mass is 16.1. The smallest absolute Gasteiger partial charge is 0.152 e. The van der Waals surface area contributed by atoms with Crippen molar-refractivity contribution in [1.82, 2.24) is 4.90 Å². The summed E-state index contributed by atoms with van der Waals surface area (Å²) < 4.78 is 0. The fraction of sp³-hybridized carbons (Fsp3) is 0.533. The van der Waals surface area contributed by atoms with E-state index in [2.05, 4.69) is 49.9 Å². The van der Waals surface area contributed by atoms with Gasteiger partial charge in [0.1, 0.15) is 0 Å². The molecule has 0 saturated carbocycles. The minimum Gasteiger partial charge on any atom is -0.298 e. The van der Waals surface area contributed by atoms with E-state index in [1.165, 1.54) is 5.56 Å². The zero-order valence-corrected chi connectivity index (χ0v) is 10.9. The summed E-state index contributed by atoms with van der Waals surface area (Å²) >= 11 is 0. The van der Waals surface area contributed by atoms with Crippen molar-refractivity contribution in [3.63, 3.8) is 0 Å². The number of nitrogens with zero attached hydrogens (tertiary/aromatic N) is 1. The molecular formula is C15H21NO. The summed E-state index contributed by atoms with van der Waals surface area (Å²) in [6, 6.07) is 10.7. The Kier molecular flexibility index (Phi) is 3.34. The molecule has 1 aliphatic rings. The van der Waals surface area contributed by atoms with Gasteiger partial charge in [-0.25, -0.2) is 0 Å². The van der Waals surface area contributed by atoms with Crippen LogP contribution in [0.2, 0.25) is 0 Å². The van der Waals surface area contributed by atoms with Gasteiger partial charge in [0.05, 0.1) is 6.54 Å². The summed E-state index contributed by atoms with van der Waals surface area (Å²) in [5.74, 6) is 0.367. The van der Waals surface area contributed by atoms with E-state index in [4.69, 9.17) is 0 Å². The van der Waals surface area contributed by atoms with Crippen molar-refractivity contribution < 1.29 is 4.79 Å². The predicted octanol–water partition coefficient (Wildman–Crippen LogP) is 3.05. The van der Waals surface area contributed by atoms with Crippen molar-refractivity contribution in [2.75, 3.05) is 13.1 Å². The number of likely N-dealkylation sites (tertiary alicyclic amines) is 1. The topological polar surface area (TPSA) is 20.3 Å². The third-order valence-corrected chi connectivity index (χ3v) is 3.96. The average Bonchev–Trinajstić information content (AvgIpc) is 2.33. The lowest BCUT2D eigenvalue weighted by Gasteiger charge is -2.38. The monoisotopic (exact) mass is 231 g/mol. The molecule has 17 heavy (non-hydrogen) atoms. The highest BCUT2D eigenvalue weighted by molar-refractivity contribution is 5.86. The SMILES string of the molecule is CC(c1ccccc1)N1CCC(C)(C)C(=O)C1. The minimum absolute atomic E-state index is 0.132. The van der Waals surface area contributed by atoms with E-state index >= 15 is 0 Å². The first-order valence-electron chi connectivity index (χ1n) is 6.33. The Bertz CT molecular complexity index is 397. The Hall–Kier alpha value is -1.15. The summed E-state index contributed by atoms with van der Waals surface area (Å²) in [4.78, 5) is 14.3. The van der Waals surface area contributed by atoms with E-state index in [1.54, 1.807) is 0 Å². The van der Waals surface area contributed by atoms with Crippen molar-refractivity contribution in [3.8, 4) is 0 Å². The number of rotatable bonds is 2. The van der Waals surface area contributed by atoms with Crippen LogP contribution in [-0.4, -0.2) is 23.8 Å². The first-order valence-corrected chi connectivity index (χ1v) is 6.33. The molecular weight excluding hydrogens is 210 g/mol. The molecule has 0 N–H and O–H groups in total. The van der Waals surface area contributed by atoms with Crippen LogP contribution in [0.5, 0.6) is 0 Å². The van der Waals surface area contributed by atoms with E-state index in [1.807, 2.05) is 6.07 Å². The number of hydrogen-bond donors (Lipinski definition) is 0. The lowest BCUT2D eigenvalue weighted by atomic mass is 9.81. The maximum absolute atomic E-state index is 12.0. The summed E-state index contributed by atoms with van der Waals surface area (Å²) in [5, 5.41) is 0. The lowest BCUT2D eigenvalue weighted by molar-refractivity contribution is -0.132. The van der Waals surface area contributed by atoms with Gasteiger partial charge in [0.25, 0.3) is 0 Å². The highest BCUT2D eigenvalue weighted by Gasteiger charge is 2.35. The molecule has 0 radical (unpaired) electrons. The molecule has 1 atom stereocenters. The number of Topliss-reactive ketones (excluding diaryl/α,β-unsaturated/α-hetero) is 1. The third kappa shape index (κ3) is 2.58. The molecule has 1 heterocycles. The fourth-order valence-electron chi connectivity index (χ4n) is 2.31. The van der Waals surface area contributed by atoms with Crippen LogP contribution in [0.4, 0.5) is 0 Å². The molecule has 1 fully saturated rings. The van der Waals surface area contributed by atoms with Gasteiger partial charge < -0.3 is 0 Å². The normalized spacial score (nSPS) is 22.4. The molecule has 2 nitrogen and oxygen atoms in total. The van der Waals surface area contributed by atoms with E-state index in [0.29, 0.717) is 18.4 Å². The molecule has 1 saturated heterocycles. The van der Waals surface area contributed by atoms with Gasteiger partial charge in [-0.2, -0.15) is 0 Å². The molecule has 1 aliphatic heterocycles. The number of piperidine rings is 1. The van der Waals surface area contributed by atoms with Crippen molar-refractivity contribution >= 4 is 5.78 Å².